The van der Waals surface area contributed by atoms with Crippen LogP contribution in [0.15, 0.2) is 0 Å². The third-order valence-corrected chi connectivity index (χ3v) is 4.56. The highest BCUT2D eigenvalue weighted by Gasteiger charge is 2.44. The van der Waals surface area contributed by atoms with Crippen LogP contribution in [-0.2, 0) is 9.59 Å². The predicted octanol–water partition coefficient (Wildman–Crippen LogP) is 1.21. The van der Waals surface area contributed by atoms with Crippen LogP contribution in [0, 0.1) is 5.41 Å². The largest absolute Gasteiger partial charge is 0.481 e. The van der Waals surface area contributed by atoms with Crippen LogP contribution in [0.2, 0.25) is 0 Å². The Bertz CT molecular complexity index is 369. The molecule has 1 aliphatic carbocycles. The molecule has 0 spiro atoms. The minimum Gasteiger partial charge on any atom is -0.481 e. The second-order valence-corrected chi connectivity index (χ2v) is 6.20. The minimum atomic E-state index is -0.794. The molecule has 1 unspecified atom stereocenters. The Labute approximate surface area is 116 Å². The van der Waals surface area contributed by atoms with E-state index in [0.29, 0.717) is 12.3 Å². The van der Waals surface area contributed by atoms with E-state index in [-0.39, 0.29) is 23.0 Å². The van der Waals surface area contributed by atoms with Gasteiger partial charge in [-0.15, -0.1) is 11.8 Å². The lowest BCUT2D eigenvalue weighted by molar-refractivity contribution is -0.138. The Hall–Kier alpha value is -1.24. The van der Waals surface area contributed by atoms with Crippen LogP contribution >= 0.6 is 11.8 Å². The number of urea groups is 1. The number of aliphatic carboxylic acids is 1. The Morgan fingerprint density at radius 1 is 1.37 bits per heavy atom. The summed E-state index contributed by atoms with van der Waals surface area (Å²) in [6.07, 6.45) is 1.96. The fraction of sp³-hybridized carbons (Fsp3) is 0.750. The monoisotopic (exact) mass is 288 g/mol. The quantitative estimate of drug-likeness (QED) is 0.654. The molecule has 7 heteroatoms. The van der Waals surface area contributed by atoms with Gasteiger partial charge in [-0.1, -0.05) is 0 Å². The standard InChI is InChI=1S/C12H20N2O4S/c1-3-13-11(18)14-10(17)8(2)19-7-12(4-5-12)6-9(15)16/h8H,3-7H2,1-2H3,(H,15,16)(H2,13,14,17,18). The minimum absolute atomic E-state index is 0.142. The molecule has 108 valence electrons. The van der Waals surface area contributed by atoms with Crippen molar-refractivity contribution in [3.05, 3.63) is 0 Å². The van der Waals surface area contributed by atoms with E-state index in [1.807, 2.05) is 0 Å². The van der Waals surface area contributed by atoms with E-state index >= 15 is 0 Å². The highest BCUT2D eigenvalue weighted by Crippen LogP contribution is 2.51. The molecule has 6 nitrogen and oxygen atoms in total. The molecule has 0 aromatic heterocycles. The molecular formula is C12H20N2O4S. The average molecular weight is 288 g/mol. The molecule has 1 saturated carbocycles. The molecule has 1 aliphatic rings. The lowest BCUT2D eigenvalue weighted by Crippen LogP contribution is -2.42. The molecule has 19 heavy (non-hydrogen) atoms. The zero-order valence-electron chi connectivity index (χ0n) is 11.2. The molecule has 0 heterocycles. The lowest BCUT2D eigenvalue weighted by atomic mass is 10.1. The second kappa shape index (κ2) is 6.79. The Morgan fingerprint density at radius 2 is 2.00 bits per heavy atom. The first-order valence-corrected chi connectivity index (χ1v) is 7.35. The van der Waals surface area contributed by atoms with Gasteiger partial charge < -0.3 is 10.4 Å². The fourth-order valence-corrected chi connectivity index (χ4v) is 2.87. The lowest BCUT2D eigenvalue weighted by Gasteiger charge is -2.16. The van der Waals surface area contributed by atoms with Gasteiger partial charge in [0, 0.05) is 12.3 Å². The maximum Gasteiger partial charge on any atom is 0.321 e. The number of hydrogen-bond donors (Lipinski definition) is 3. The van der Waals surface area contributed by atoms with E-state index in [1.54, 1.807) is 13.8 Å². The summed E-state index contributed by atoms with van der Waals surface area (Å²) in [5, 5.41) is 13.2. The molecule has 0 aliphatic heterocycles. The third-order valence-electron chi connectivity index (χ3n) is 3.07. The number of rotatable bonds is 7. The number of carbonyl (C=O) groups excluding carboxylic acids is 2. The van der Waals surface area contributed by atoms with Crippen LogP contribution in [0.5, 0.6) is 0 Å². The zero-order chi connectivity index (χ0) is 14.5. The van der Waals surface area contributed by atoms with Gasteiger partial charge in [-0.05, 0) is 32.1 Å². The number of hydrogen-bond acceptors (Lipinski definition) is 4. The van der Waals surface area contributed by atoms with E-state index in [2.05, 4.69) is 10.6 Å². The van der Waals surface area contributed by atoms with Crippen LogP contribution in [0.3, 0.4) is 0 Å². The van der Waals surface area contributed by atoms with Crippen LogP contribution in [0.4, 0.5) is 4.79 Å². The fourth-order valence-electron chi connectivity index (χ4n) is 1.67. The van der Waals surface area contributed by atoms with Gasteiger partial charge >= 0.3 is 12.0 Å². The van der Waals surface area contributed by atoms with Crippen molar-refractivity contribution < 1.29 is 19.5 Å². The molecule has 0 bridgehead atoms. The maximum atomic E-state index is 11.7. The van der Waals surface area contributed by atoms with E-state index in [4.69, 9.17) is 5.11 Å². The van der Waals surface area contributed by atoms with Crippen molar-refractivity contribution in [3.63, 3.8) is 0 Å². The van der Waals surface area contributed by atoms with E-state index < -0.39 is 12.0 Å². The van der Waals surface area contributed by atoms with Crippen LogP contribution in [-0.4, -0.2) is 40.6 Å². The van der Waals surface area contributed by atoms with Gasteiger partial charge in [0.1, 0.15) is 0 Å². The van der Waals surface area contributed by atoms with Crippen LogP contribution < -0.4 is 10.6 Å². The first-order valence-electron chi connectivity index (χ1n) is 6.30. The summed E-state index contributed by atoms with van der Waals surface area (Å²) >= 11 is 1.40. The Morgan fingerprint density at radius 3 is 2.47 bits per heavy atom. The van der Waals surface area contributed by atoms with Gasteiger partial charge in [-0.2, -0.15) is 0 Å². The number of thioether (sulfide) groups is 1. The Kier molecular flexibility index (Phi) is 5.65. The van der Waals surface area contributed by atoms with Crippen molar-refractivity contribution in [2.75, 3.05) is 12.3 Å². The number of imide groups is 1. The number of amides is 3. The Balaban J connectivity index is 2.31. The molecule has 1 fully saturated rings. The second-order valence-electron chi connectivity index (χ2n) is 4.87. The third kappa shape index (κ3) is 5.50. The van der Waals surface area contributed by atoms with Gasteiger partial charge in [0.2, 0.25) is 5.91 Å². The summed E-state index contributed by atoms with van der Waals surface area (Å²) in [5.41, 5.74) is -0.142. The first kappa shape index (κ1) is 15.8. The van der Waals surface area contributed by atoms with E-state index in [1.165, 1.54) is 11.8 Å². The molecule has 0 radical (unpaired) electrons. The summed E-state index contributed by atoms with van der Waals surface area (Å²) in [7, 11) is 0. The summed E-state index contributed by atoms with van der Waals surface area (Å²) in [6.45, 7) is 3.95. The van der Waals surface area contributed by atoms with Gasteiger partial charge in [0.15, 0.2) is 0 Å². The van der Waals surface area contributed by atoms with Crippen molar-refractivity contribution in [2.45, 2.75) is 38.4 Å². The average Bonchev–Trinajstić information content (AvgIpc) is 3.05. The molecule has 0 aromatic carbocycles. The highest BCUT2D eigenvalue weighted by molar-refractivity contribution is 8.00. The molecular weight excluding hydrogens is 268 g/mol. The molecule has 1 rings (SSSR count). The van der Waals surface area contributed by atoms with Crippen LogP contribution in [0.25, 0.3) is 0 Å². The van der Waals surface area contributed by atoms with E-state index in [0.717, 1.165) is 12.8 Å². The van der Waals surface area contributed by atoms with Crippen molar-refractivity contribution in [2.24, 2.45) is 5.41 Å². The van der Waals surface area contributed by atoms with Gasteiger partial charge in [-0.3, -0.25) is 14.9 Å². The first-order chi connectivity index (χ1) is 8.88. The van der Waals surface area contributed by atoms with Gasteiger partial charge in [-0.25, -0.2) is 4.79 Å². The molecule has 3 amide bonds. The number of carbonyl (C=O) groups is 3. The van der Waals surface area contributed by atoms with Gasteiger partial charge in [0.05, 0.1) is 11.7 Å². The molecule has 1 atom stereocenters. The van der Waals surface area contributed by atoms with Crippen LogP contribution in [0.1, 0.15) is 33.1 Å². The van der Waals surface area contributed by atoms with Crippen molar-refractivity contribution in [1.82, 2.24) is 10.6 Å². The topological polar surface area (TPSA) is 95.5 Å². The highest BCUT2D eigenvalue weighted by atomic mass is 32.2. The SMILES string of the molecule is CCNC(=O)NC(=O)C(C)SCC1(CC(=O)O)CC1. The zero-order valence-corrected chi connectivity index (χ0v) is 12.0. The van der Waals surface area contributed by atoms with Crippen molar-refractivity contribution in [1.29, 1.82) is 0 Å². The molecule has 0 saturated heterocycles. The van der Waals surface area contributed by atoms with Gasteiger partial charge in [0.25, 0.3) is 0 Å². The number of nitrogens with one attached hydrogen (secondary N) is 2. The summed E-state index contributed by atoms with van der Waals surface area (Å²) in [5.74, 6) is -0.497. The number of carboxylic acids is 1. The smallest absolute Gasteiger partial charge is 0.321 e. The maximum absolute atomic E-state index is 11.7. The molecule has 0 aromatic rings. The van der Waals surface area contributed by atoms with Crippen molar-refractivity contribution >= 4 is 29.7 Å². The summed E-state index contributed by atoms with van der Waals surface area (Å²) in [4.78, 5) is 33.6. The summed E-state index contributed by atoms with van der Waals surface area (Å²) in [6, 6.07) is -0.494. The normalized spacial score (nSPS) is 17.4. The number of carboxylic acid groups (broad SMARTS) is 1. The molecule has 3 N–H and O–H groups in total. The van der Waals surface area contributed by atoms with E-state index in [9.17, 15) is 14.4 Å². The summed E-state index contributed by atoms with van der Waals surface area (Å²) < 4.78 is 0. The predicted molar refractivity (Wildman–Crippen MR) is 73.1 cm³/mol. The van der Waals surface area contributed by atoms with Crippen molar-refractivity contribution in [3.8, 4) is 0 Å².